The molecule has 5 heteroatoms. The summed E-state index contributed by atoms with van der Waals surface area (Å²) in [5, 5.41) is 0. The van der Waals surface area contributed by atoms with E-state index in [4.69, 9.17) is 16.3 Å². The highest BCUT2D eigenvalue weighted by molar-refractivity contribution is 6.17. The van der Waals surface area contributed by atoms with E-state index in [2.05, 4.69) is 30.3 Å². The summed E-state index contributed by atoms with van der Waals surface area (Å²) in [6, 6.07) is 3.40. The third kappa shape index (κ3) is 2.62. The van der Waals surface area contributed by atoms with Gasteiger partial charge in [-0.3, -0.25) is 0 Å². The minimum atomic E-state index is -0.390. The van der Waals surface area contributed by atoms with E-state index in [0.717, 1.165) is 11.3 Å². The maximum Gasteiger partial charge on any atom is 0.167 e. The van der Waals surface area contributed by atoms with Crippen LogP contribution in [0.4, 0.5) is 4.39 Å². The van der Waals surface area contributed by atoms with Gasteiger partial charge >= 0.3 is 0 Å². The zero-order chi connectivity index (χ0) is 14.9. The maximum absolute atomic E-state index is 13.8. The number of aryl methyl sites for hydroxylation is 1. The number of halogens is 2. The van der Waals surface area contributed by atoms with Gasteiger partial charge in [0.1, 0.15) is 5.82 Å². The summed E-state index contributed by atoms with van der Waals surface area (Å²) in [5.74, 6) is 1.68. The molecule has 1 heterocycles. The second-order valence-corrected chi connectivity index (χ2v) is 5.68. The predicted octanol–water partition coefficient (Wildman–Crippen LogP) is 4.18. The second-order valence-electron chi connectivity index (χ2n) is 5.30. The normalized spacial score (nSPS) is 13.2. The molecule has 1 unspecified atom stereocenters. The molecule has 0 aliphatic rings. The number of imidazole rings is 1. The molecule has 20 heavy (non-hydrogen) atoms. The number of hydrogen-bond donors (Lipinski definition) is 0. The van der Waals surface area contributed by atoms with Crippen molar-refractivity contribution >= 4 is 22.6 Å². The van der Waals surface area contributed by atoms with Gasteiger partial charge in [-0.1, -0.05) is 13.8 Å². The first kappa shape index (κ1) is 15.1. The Morgan fingerprint density at radius 1 is 1.35 bits per heavy atom. The number of hydrogen-bond acceptors (Lipinski definition) is 2. The van der Waals surface area contributed by atoms with E-state index in [1.165, 1.54) is 13.2 Å². The molecular formula is C15H20ClFN2O. The molecule has 0 bridgehead atoms. The molecule has 2 aromatic rings. The highest BCUT2D eigenvalue weighted by Crippen LogP contribution is 2.30. The fraction of sp³-hybridized carbons (Fsp3) is 0.533. The monoisotopic (exact) mass is 298 g/mol. The van der Waals surface area contributed by atoms with Gasteiger partial charge in [0.2, 0.25) is 0 Å². The summed E-state index contributed by atoms with van der Waals surface area (Å²) in [4.78, 5) is 4.53. The first-order valence-corrected chi connectivity index (χ1v) is 7.33. The van der Waals surface area contributed by atoms with Gasteiger partial charge in [0.25, 0.3) is 0 Å². The quantitative estimate of drug-likeness (QED) is 0.774. The van der Waals surface area contributed by atoms with Crippen molar-refractivity contribution in [1.29, 1.82) is 0 Å². The van der Waals surface area contributed by atoms with Gasteiger partial charge in [0.05, 0.1) is 18.1 Å². The van der Waals surface area contributed by atoms with Crippen LogP contribution in [0.1, 0.15) is 32.6 Å². The first-order valence-electron chi connectivity index (χ1n) is 6.79. The van der Waals surface area contributed by atoms with E-state index in [-0.39, 0.29) is 17.6 Å². The molecule has 1 aromatic carbocycles. The molecule has 0 spiro atoms. The summed E-state index contributed by atoms with van der Waals surface area (Å²) in [6.07, 6.45) is 0.664. The first-order chi connectivity index (χ1) is 9.49. The Labute approximate surface area is 123 Å². The fourth-order valence-electron chi connectivity index (χ4n) is 2.32. The molecule has 0 amide bonds. The van der Waals surface area contributed by atoms with Crippen molar-refractivity contribution in [3.8, 4) is 5.75 Å². The summed E-state index contributed by atoms with van der Waals surface area (Å²) in [7, 11) is 1.47. The van der Waals surface area contributed by atoms with Crippen LogP contribution in [0.15, 0.2) is 12.1 Å². The molecule has 0 saturated heterocycles. The zero-order valence-corrected chi connectivity index (χ0v) is 13.0. The number of aromatic nitrogens is 2. The van der Waals surface area contributed by atoms with E-state index in [1.807, 2.05) is 0 Å². The third-order valence-corrected chi connectivity index (χ3v) is 3.92. The van der Waals surface area contributed by atoms with Gasteiger partial charge in [-0.15, -0.1) is 11.6 Å². The van der Waals surface area contributed by atoms with E-state index in [1.54, 1.807) is 6.07 Å². The molecule has 3 nitrogen and oxygen atoms in total. The summed E-state index contributed by atoms with van der Waals surface area (Å²) >= 11 is 5.86. The molecule has 0 N–H and O–H groups in total. The van der Waals surface area contributed by atoms with Crippen LogP contribution < -0.4 is 4.74 Å². The van der Waals surface area contributed by atoms with E-state index in [0.29, 0.717) is 23.7 Å². The van der Waals surface area contributed by atoms with Crippen molar-refractivity contribution in [2.24, 2.45) is 5.92 Å². The molecule has 1 atom stereocenters. The van der Waals surface area contributed by atoms with Crippen LogP contribution in [-0.2, 0) is 6.42 Å². The summed E-state index contributed by atoms with van der Waals surface area (Å²) < 4.78 is 21.0. The minimum Gasteiger partial charge on any atom is -0.494 e. The number of alkyl halides is 1. The van der Waals surface area contributed by atoms with Gasteiger partial charge in [-0.2, -0.15) is 0 Å². The van der Waals surface area contributed by atoms with Gasteiger partial charge < -0.3 is 9.30 Å². The molecule has 0 aliphatic heterocycles. The van der Waals surface area contributed by atoms with Crippen LogP contribution in [0.2, 0.25) is 0 Å². The molecular weight excluding hydrogens is 279 g/mol. The SMILES string of the molecule is COc1cc2c(cc1F)nc(CCCl)n2C(C)C(C)C. The van der Waals surface area contributed by atoms with Gasteiger partial charge in [0.15, 0.2) is 11.6 Å². The van der Waals surface area contributed by atoms with Gasteiger partial charge in [-0.25, -0.2) is 9.37 Å². The third-order valence-electron chi connectivity index (χ3n) is 3.73. The lowest BCUT2D eigenvalue weighted by molar-refractivity contribution is 0.385. The maximum atomic E-state index is 13.8. The molecule has 1 aromatic heterocycles. The second kappa shape index (κ2) is 6.00. The Balaban J connectivity index is 2.69. The van der Waals surface area contributed by atoms with E-state index in [9.17, 15) is 4.39 Å². The zero-order valence-electron chi connectivity index (χ0n) is 12.3. The number of methoxy groups -OCH3 is 1. The Bertz CT molecular complexity index is 609. The van der Waals surface area contributed by atoms with Crippen molar-refractivity contribution in [2.45, 2.75) is 33.2 Å². The largest absolute Gasteiger partial charge is 0.494 e. The van der Waals surface area contributed by atoms with Crippen LogP contribution in [0.25, 0.3) is 11.0 Å². The topological polar surface area (TPSA) is 27.1 Å². The highest BCUT2D eigenvalue weighted by atomic mass is 35.5. The number of rotatable bonds is 5. The van der Waals surface area contributed by atoms with E-state index < -0.39 is 0 Å². The van der Waals surface area contributed by atoms with Gasteiger partial charge in [0, 0.05) is 30.5 Å². The van der Waals surface area contributed by atoms with Crippen LogP contribution in [0.3, 0.4) is 0 Å². The molecule has 0 fully saturated rings. The Morgan fingerprint density at radius 2 is 2.05 bits per heavy atom. The minimum absolute atomic E-state index is 0.243. The number of fused-ring (bicyclic) bond motifs is 1. The molecule has 0 saturated carbocycles. The predicted molar refractivity (Wildman–Crippen MR) is 80.2 cm³/mol. The molecule has 2 rings (SSSR count). The molecule has 0 aliphatic carbocycles. The summed E-state index contributed by atoms with van der Waals surface area (Å²) in [6.45, 7) is 6.45. The Hall–Kier alpha value is -1.29. The Morgan fingerprint density at radius 3 is 2.60 bits per heavy atom. The average molecular weight is 299 g/mol. The van der Waals surface area contributed by atoms with Crippen molar-refractivity contribution in [3.05, 3.63) is 23.8 Å². The van der Waals surface area contributed by atoms with Gasteiger partial charge in [-0.05, 0) is 12.8 Å². The van der Waals surface area contributed by atoms with E-state index >= 15 is 0 Å². The smallest absolute Gasteiger partial charge is 0.167 e. The molecule has 0 radical (unpaired) electrons. The summed E-state index contributed by atoms with van der Waals surface area (Å²) in [5.41, 5.74) is 1.54. The number of ether oxygens (including phenoxy) is 1. The number of nitrogens with zero attached hydrogens (tertiary/aromatic N) is 2. The molecule has 110 valence electrons. The fourth-order valence-corrected chi connectivity index (χ4v) is 2.49. The highest BCUT2D eigenvalue weighted by Gasteiger charge is 2.19. The lowest BCUT2D eigenvalue weighted by Gasteiger charge is -2.21. The van der Waals surface area contributed by atoms with Crippen molar-refractivity contribution in [2.75, 3.05) is 13.0 Å². The van der Waals surface area contributed by atoms with Crippen LogP contribution in [0, 0.1) is 11.7 Å². The van der Waals surface area contributed by atoms with Crippen LogP contribution in [0.5, 0.6) is 5.75 Å². The number of benzene rings is 1. The van der Waals surface area contributed by atoms with Crippen molar-refractivity contribution in [1.82, 2.24) is 9.55 Å². The van der Waals surface area contributed by atoms with Crippen molar-refractivity contribution < 1.29 is 9.13 Å². The standard InChI is InChI=1S/C15H20ClFN2O/c1-9(2)10(3)19-13-8-14(20-4)11(17)7-12(13)18-15(19)5-6-16/h7-10H,5-6H2,1-4H3. The van der Waals surface area contributed by atoms with Crippen LogP contribution in [-0.4, -0.2) is 22.5 Å². The Kier molecular flexibility index (Phi) is 4.53. The van der Waals surface area contributed by atoms with Crippen LogP contribution >= 0.6 is 11.6 Å². The lowest BCUT2D eigenvalue weighted by Crippen LogP contribution is -2.15. The lowest BCUT2D eigenvalue weighted by atomic mass is 10.1. The van der Waals surface area contributed by atoms with Crippen molar-refractivity contribution in [3.63, 3.8) is 0 Å². The average Bonchev–Trinajstić information content (AvgIpc) is 2.74.